The van der Waals surface area contributed by atoms with Crippen molar-refractivity contribution in [3.8, 4) is 0 Å². The van der Waals surface area contributed by atoms with Gasteiger partial charge in [-0.15, -0.1) is 0 Å². The molecule has 24 heavy (non-hydrogen) atoms. The predicted octanol–water partition coefficient (Wildman–Crippen LogP) is 4.16. The third-order valence-electron chi connectivity index (χ3n) is 3.96. The Kier molecular flexibility index (Phi) is 4.47. The van der Waals surface area contributed by atoms with Crippen molar-refractivity contribution < 1.29 is 9.21 Å². The third kappa shape index (κ3) is 2.95. The number of fused-ring (bicyclic) bond motifs is 1. The van der Waals surface area contributed by atoms with E-state index in [1.54, 1.807) is 23.1 Å². The summed E-state index contributed by atoms with van der Waals surface area (Å²) in [4.78, 5) is 26.7. The van der Waals surface area contributed by atoms with Gasteiger partial charge in [0.15, 0.2) is 0 Å². The van der Waals surface area contributed by atoms with Gasteiger partial charge >= 0.3 is 5.63 Å². The molecular formula is C20H19NO3. The Labute approximate surface area is 140 Å². The lowest BCUT2D eigenvalue weighted by molar-refractivity contribution is 0.0986. The van der Waals surface area contributed by atoms with Gasteiger partial charge in [-0.05, 0) is 37.1 Å². The first kappa shape index (κ1) is 16.0. The average Bonchev–Trinajstić information content (AvgIpc) is 2.60. The van der Waals surface area contributed by atoms with Gasteiger partial charge in [0.25, 0.3) is 5.91 Å². The number of aryl methyl sites for hydroxylation is 1. The van der Waals surface area contributed by atoms with Gasteiger partial charge in [-0.2, -0.15) is 0 Å². The van der Waals surface area contributed by atoms with E-state index >= 15 is 0 Å². The Bertz CT molecular complexity index is 943. The van der Waals surface area contributed by atoms with Gasteiger partial charge in [-0.3, -0.25) is 4.79 Å². The van der Waals surface area contributed by atoms with Crippen LogP contribution >= 0.6 is 0 Å². The van der Waals surface area contributed by atoms with Crippen LogP contribution in [0.5, 0.6) is 0 Å². The number of anilines is 1. The van der Waals surface area contributed by atoms with Crippen molar-refractivity contribution in [2.45, 2.75) is 20.3 Å². The molecular weight excluding hydrogens is 302 g/mol. The number of carbonyl (C=O) groups is 1. The highest BCUT2D eigenvalue weighted by atomic mass is 16.4. The van der Waals surface area contributed by atoms with Crippen LogP contribution in [0.15, 0.2) is 64.0 Å². The van der Waals surface area contributed by atoms with Crippen molar-refractivity contribution in [2.75, 3.05) is 11.4 Å². The van der Waals surface area contributed by atoms with Crippen molar-refractivity contribution >= 4 is 22.4 Å². The van der Waals surface area contributed by atoms with Gasteiger partial charge in [0.05, 0.1) is 10.9 Å². The lowest BCUT2D eigenvalue weighted by Crippen LogP contribution is -2.32. The normalized spacial score (nSPS) is 10.8. The Morgan fingerprint density at radius 3 is 2.54 bits per heavy atom. The second-order valence-corrected chi connectivity index (χ2v) is 5.78. The van der Waals surface area contributed by atoms with Gasteiger partial charge in [0, 0.05) is 17.6 Å². The van der Waals surface area contributed by atoms with E-state index in [4.69, 9.17) is 4.42 Å². The number of benzene rings is 2. The fraction of sp³-hybridized carbons (Fsp3) is 0.200. The van der Waals surface area contributed by atoms with E-state index in [1.165, 1.54) is 6.26 Å². The molecule has 0 saturated heterocycles. The highest BCUT2D eigenvalue weighted by molar-refractivity contribution is 6.13. The fourth-order valence-electron chi connectivity index (χ4n) is 2.81. The number of rotatable bonds is 4. The molecule has 3 aromatic rings. The molecule has 1 heterocycles. The van der Waals surface area contributed by atoms with E-state index in [0.717, 1.165) is 17.7 Å². The van der Waals surface area contributed by atoms with Gasteiger partial charge in [-0.25, -0.2) is 4.79 Å². The van der Waals surface area contributed by atoms with Crippen molar-refractivity contribution in [1.29, 1.82) is 0 Å². The minimum Gasteiger partial charge on any atom is -0.430 e. The number of hydrogen-bond donors (Lipinski definition) is 0. The number of nitrogens with zero attached hydrogens (tertiary/aromatic N) is 1. The zero-order valence-electron chi connectivity index (χ0n) is 13.8. The van der Waals surface area contributed by atoms with Crippen LogP contribution in [0.25, 0.3) is 10.8 Å². The lowest BCUT2D eigenvalue weighted by atomic mass is 10.1. The summed E-state index contributed by atoms with van der Waals surface area (Å²) in [5.74, 6) is -0.164. The predicted molar refractivity (Wildman–Crippen MR) is 95.6 cm³/mol. The molecule has 1 aromatic heterocycles. The van der Waals surface area contributed by atoms with Crippen LogP contribution in [-0.2, 0) is 0 Å². The van der Waals surface area contributed by atoms with Crippen molar-refractivity contribution in [3.05, 3.63) is 76.3 Å². The molecule has 0 fully saturated rings. The molecule has 0 aliphatic carbocycles. The first-order valence-electron chi connectivity index (χ1n) is 8.01. The molecule has 0 saturated carbocycles. The smallest absolute Gasteiger partial charge is 0.343 e. The molecule has 4 heteroatoms. The largest absolute Gasteiger partial charge is 0.430 e. The molecule has 3 rings (SSSR count). The molecule has 0 bridgehead atoms. The Morgan fingerprint density at radius 1 is 1.08 bits per heavy atom. The quantitative estimate of drug-likeness (QED) is 0.725. The standard InChI is InChI=1S/C20H19NO3/c1-3-11-21(15-8-6-7-14(2)12-15)19(22)18-13-24-20(23)17-10-5-4-9-16(17)18/h4-10,12-13H,3,11H2,1-2H3. The van der Waals surface area contributed by atoms with Crippen LogP contribution in [0, 0.1) is 6.92 Å². The van der Waals surface area contributed by atoms with E-state index in [2.05, 4.69) is 0 Å². The molecule has 0 aliphatic rings. The summed E-state index contributed by atoms with van der Waals surface area (Å²) in [7, 11) is 0. The summed E-state index contributed by atoms with van der Waals surface area (Å²) in [6, 6.07) is 14.9. The topological polar surface area (TPSA) is 50.5 Å². The summed E-state index contributed by atoms with van der Waals surface area (Å²) in [6.45, 7) is 4.62. The van der Waals surface area contributed by atoms with Gasteiger partial charge in [0.1, 0.15) is 6.26 Å². The molecule has 0 spiro atoms. The number of carbonyl (C=O) groups excluding carboxylic acids is 1. The van der Waals surface area contributed by atoms with Gasteiger partial charge < -0.3 is 9.32 Å². The Balaban J connectivity index is 2.12. The monoisotopic (exact) mass is 321 g/mol. The molecule has 0 unspecified atom stereocenters. The third-order valence-corrected chi connectivity index (χ3v) is 3.96. The number of amides is 1. The van der Waals surface area contributed by atoms with E-state index in [9.17, 15) is 9.59 Å². The Morgan fingerprint density at radius 2 is 1.83 bits per heavy atom. The molecule has 2 aromatic carbocycles. The molecule has 4 nitrogen and oxygen atoms in total. The zero-order valence-corrected chi connectivity index (χ0v) is 13.8. The van der Waals surface area contributed by atoms with E-state index in [-0.39, 0.29) is 5.91 Å². The molecule has 122 valence electrons. The molecule has 0 atom stereocenters. The minimum atomic E-state index is -0.431. The number of hydrogen-bond acceptors (Lipinski definition) is 3. The molecule has 0 N–H and O–H groups in total. The van der Waals surface area contributed by atoms with Crippen LogP contribution in [-0.4, -0.2) is 12.5 Å². The molecule has 0 aliphatic heterocycles. The second-order valence-electron chi connectivity index (χ2n) is 5.78. The van der Waals surface area contributed by atoms with Crippen LogP contribution in [0.4, 0.5) is 5.69 Å². The first-order valence-corrected chi connectivity index (χ1v) is 8.01. The molecule has 1 amide bonds. The van der Waals surface area contributed by atoms with Gasteiger partial charge in [-0.1, -0.05) is 37.3 Å². The van der Waals surface area contributed by atoms with Crippen molar-refractivity contribution in [2.24, 2.45) is 0 Å². The SMILES string of the molecule is CCCN(C(=O)c1coc(=O)c2ccccc12)c1cccc(C)c1. The van der Waals surface area contributed by atoms with E-state index in [1.807, 2.05) is 44.2 Å². The maximum atomic E-state index is 13.1. The van der Waals surface area contributed by atoms with E-state index < -0.39 is 5.63 Å². The summed E-state index contributed by atoms with van der Waals surface area (Å²) in [5.41, 5.74) is 1.91. The minimum absolute atomic E-state index is 0.164. The van der Waals surface area contributed by atoms with Crippen LogP contribution in [0.3, 0.4) is 0 Å². The molecule has 0 radical (unpaired) electrons. The van der Waals surface area contributed by atoms with E-state index in [0.29, 0.717) is 22.9 Å². The van der Waals surface area contributed by atoms with Crippen LogP contribution in [0.2, 0.25) is 0 Å². The van der Waals surface area contributed by atoms with Crippen LogP contribution in [0.1, 0.15) is 29.3 Å². The first-order chi connectivity index (χ1) is 11.6. The summed E-state index contributed by atoms with van der Waals surface area (Å²) in [5, 5.41) is 1.04. The van der Waals surface area contributed by atoms with Crippen molar-refractivity contribution in [3.63, 3.8) is 0 Å². The maximum Gasteiger partial charge on any atom is 0.343 e. The lowest BCUT2D eigenvalue weighted by Gasteiger charge is -2.23. The Hall–Kier alpha value is -2.88. The highest BCUT2D eigenvalue weighted by Gasteiger charge is 2.21. The van der Waals surface area contributed by atoms with Gasteiger partial charge in [0.2, 0.25) is 0 Å². The summed E-state index contributed by atoms with van der Waals surface area (Å²) < 4.78 is 5.08. The fourth-order valence-corrected chi connectivity index (χ4v) is 2.81. The second kappa shape index (κ2) is 6.71. The van der Waals surface area contributed by atoms with Crippen LogP contribution < -0.4 is 10.5 Å². The summed E-state index contributed by atoms with van der Waals surface area (Å²) in [6.07, 6.45) is 2.10. The maximum absolute atomic E-state index is 13.1. The zero-order chi connectivity index (χ0) is 17.1. The average molecular weight is 321 g/mol. The summed E-state index contributed by atoms with van der Waals surface area (Å²) >= 11 is 0. The van der Waals surface area contributed by atoms with Crippen molar-refractivity contribution in [1.82, 2.24) is 0 Å². The highest BCUT2D eigenvalue weighted by Crippen LogP contribution is 2.22.